The van der Waals surface area contributed by atoms with Crippen molar-refractivity contribution < 1.29 is 9.53 Å². The molecule has 0 aromatic heterocycles. The first-order valence-electron chi connectivity index (χ1n) is 6.27. The molecular weight excluding hydrogens is 188 g/mol. The van der Waals surface area contributed by atoms with Crippen molar-refractivity contribution in [3.63, 3.8) is 0 Å². The van der Waals surface area contributed by atoms with Crippen LogP contribution in [0.3, 0.4) is 0 Å². The minimum Gasteiger partial charge on any atom is -0.469 e. The maximum Gasteiger partial charge on any atom is 0.305 e. The average Bonchev–Trinajstić information content (AvgIpc) is 2.23. The van der Waals surface area contributed by atoms with Crippen LogP contribution < -0.4 is 0 Å². The molecule has 2 nitrogen and oxygen atoms in total. The quantitative estimate of drug-likeness (QED) is 0.429. The van der Waals surface area contributed by atoms with Crippen LogP contribution in [0.5, 0.6) is 0 Å². The fourth-order valence-electron chi connectivity index (χ4n) is 1.74. The highest BCUT2D eigenvalue weighted by atomic mass is 16.5. The number of carbonyl (C=O) groups excluding carboxylic acids is 1. The molecule has 15 heavy (non-hydrogen) atoms. The van der Waals surface area contributed by atoms with Gasteiger partial charge in [0.05, 0.1) is 7.11 Å². The standard InChI is InChI=1S/C13H26O2/c1-4-5-6-7-8-9-10-12(2)11-13(14)15-3/h12H,4-11H2,1-3H3/t12-/m1/s1. The Hall–Kier alpha value is -0.530. The fourth-order valence-corrected chi connectivity index (χ4v) is 1.74. The van der Waals surface area contributed by atoms with E-state index < -0.39 is 0 Å². The van der Waals surface area contributed by atoms with E-state index in [1.165, 1.54) is 45.6 Å². The third-order valence-electron chi connectivity index (χ3n) is 2.79. The van der Waals surface area contributed by atoms with E-state index in [2.05, 4.69) is 18.6 Å². The molecule has 0 aromatic rings. The monoisotopic (exact) mass is 214 g/mol. The molecule has 0 unspecified atom stereocenters. The normalized spacial score (nSPS) is 12.5. The third kappa shape index (κ3) is 9.77. The van der Waals surface area contributed by atoms with Gasteiger partial charge in [-0.2, -0.15) is 0 Å². The van der Waals surface area contributed by atoms with Gasteiger partial charge in [0.1, 0.15) is 0 Å². The van der Waals surface area contributed by atoms with Crippen molar-refractivity contribution in [1.29, 1.82) is 0 Å². The second kappa shape index (κ2) is 10.0. The van der Waals surface area contributed by atoms with Crippen LogP contribution in [-0.4, -0.2) is 13.1 Å². The Morgan fingerprint density at radius 3 is 2.33 bits per heavy atom. The maximum atomic E-state index is 11.0. The van der Waals surface area contributed by atoms with Crippen molar-refractivity contribution in [2.24, 2.45) is 5.92 Å². The van der Waals surface area contributed by atoms with E-state index in [4.69, 9.17) is 0 Å². The fraction of sp³-hybridized carbons (Fsp3) is 0.923. The molecule has 0 bridgehead atoms. The summed E-state index contributed by atoms with van der Waals surface area (Å²) in [7, 11) is 1.46. The minimum atomic E-state index is -0.0755. The summed E-state index contributed by atoms with van der Waals surface area (Å²) in [6, 6.07) is 0. The van der Waals surface area contributed by atoms with E-state index in [1.54, 1.807) is 0 Å². The van der Waals surface area contributed by atoms with Crippen LogP contribution in [0.15, 0.2) is 0 Å². The number of hydrogen-bond acceptors (Lipinski definition) is 2. The molecule has 1 atom stereocenters. The van der Waals surface area contributed by atoms with Crippen LogP contribution in [0.4, 0.5) is 0 Å². The van der Waals surface area contributed by atoms with Crippen LogP contribution in [0, 0.1) is 5.92 Å². The number of ether oxygens (including phenoxy) is 1. The Morgan fingerprint density at radius 2 is 1.73 bits per heavy atom. The molecule has 0 aliphatic carbocycles. The van der Waals surface area contributed by atoms with Gasteiger partial charge in [-0.05, 0) is 5.92 Å². The summed E-state index contributed by atoms with van der Waals surface area (Å²) in [4.78, 5) is 11.0. The average molecular weight is 214 g/mol. The number of hydrogen-bond donors (Lipinski definition) is 0. The zero-order valence-corrected chi connectivity index (χ0v) is 10.6. The Kier molecular flexibility index (Phi) is 9.65. The lowest BCUT2D eigenvalue weighted by Gasteiger charge is -2.09. The zero-order chi connectivity index (χ0) is 11.5. The lowest BCUT2D eigenvalue weighted by atomic mass is 9.99. The van der Waals surface area contributed by atoms with Crippen molar-refractivity contribution in [2.75, 3.05) is 7.11 Å². The molecule has 0 saturated heterocycles. The lowest BCUT2D eigenvalue weighted by Crippen LogP contribution is -2.06. The molecule has 0 saturated carbocycles. The molecule has 0 aliphatic rings. The largest absolute Gasteiger partial charge is 0.469 e. The van der Waals surface area contributed by atoms with Gasteiger partial charge in [-0.25, -0.2) is 0 Å². The Bertz CT molecular complexity index is 155. The molecule has 90 valence electrons. The molecule has 0 heterocycles. The molecule has 0 spiro atoms. The van der Waals surface area contributed by atoms with Gasteiger partial charge in [-0.3, -0.25) is 4.79 Å². The van der Waals surface area contributed by atoms with Crippen molar-refractivity contribution >= 4 is 5.97 Å². The van der Waals surface area contributed by atoms with E-state index in [0.29, 0.717) is 12.3 Å². The number of rotatable bonds is 9. The number of methoxy groups -OCH3 is 1. The summed E-state index contributed by atoms with van der Waals surface area (Å²) >= 11 is 0. The van der Waals surface area contributed by atoms with Gasteiger partial charge in [-0.1, -0.05) is 58.8 Å². The van der Waals surface area contributed by atoms with Gasteiger partial charge in [0.2, 0.25) is 0 Å². The summed E-state index contributed by atoms with van der Waals surface area (Å²) in [6.45, 7) is 4.36. The Labute approximate surface area is 94.4 Å². The van der Waals surface area contributed by atoms with Gasteiger partial charge >= 0.3 is 5.97 Å². The van der Waals surface area contributed by atoms with E-state index in [1.807, 2.05) is 0 Å². The number of carbonyl (C=O) groups is 1. The second-order valence-corrected chi connectivity index (χ2v) is 4.44. The molecule has 0 aliphatic heterocycles. The molecular formula is C13H26O2. The Morgan fingerprint density at radius 1 is 1.13 bits per heavy atom. The molecule has 0 amide bonds. The molecule has 0 rings (SSSR count). The van der Waals surface area contributed by atoms with Crippen LogP contribution in [0.2, 0.25) is 0 Å². The summed E-state index contributed by atoms with van der Waals surface area (Å²) < 4.78 is 4.64. The highest BCUT2D eigenvalue weighted by molar-refractivity contribution is 5.69. The van der Waals surface area contributed by atoms with Crippen molar-refractivity contribution in [2.45, 2.75) is 65.2 Å². The first kappa shape index (κ1) is 14.5. The summed E-state index contributed by atoms with van der Waals surface area (Å²) in [5.41, 5.74) is 0. The first-order chi connectivity index (χ1) is 7.20. The summed E-state index contributed by atoms with van der Waals surface area (Å²) in [5.74, 6) is 0.400. The smallest absolute Gasteiger partial charge is 0.305 e. The topological polar surface area (TPSA) is 26.3 Å². The predicted molar refractivity (Wildman–Crippen MR) is 63.8 cm³/mol. The lowest BCUT2D eigenvalue weighted by molar-refractivity contribution is -0.141. The van der Waals surface area contributed by atoms with Crippen molar-refractivity contribution in [1.82, 2.24) is 0 Å². The van der Waals surface area contributed by atoms with Crippen molar-refractivity contribution in [3.8, 4) is 0 Å². The minimum absolute atomic E-state index is 0.0755. The van der Waals surface area contributed by atoms with Crippen LogP contribution in [0.1, 0.15) is 65.2 Å². The third-order valence-corrected chi connectivity index (χ3v) is 2.79. The molecule has 0 radical (unpaired) electrons. The first-order valence-corrected chi connectivity index (χ1v) is 6.27. The number of unbranched alkanes of at least 4 members (excludes halogenated alkanes) is 5. The predicted octanol–water partition coefficient (Wildman–Crippen LogP) is 3.94. The summed E-state index contributed by atoms with van der Waals surface area (Å²) in [6.07, 6.45) is 9.66. The van der Waals surface area contributed by atoms with E-state index >= 15 is 0 Å². The van der Waals surface area contributed by atoms with Crippen LogP contribution in [-0.2, 0) is 9.53 Å². The van der Waals surface area contributed by atoms with E-state index in [9.17, 15) is 4.79 Å². The van der Waals surface area contributed by atoms with Gasteiger partial charge < -0.3 is 4.74 Å². The highest BCUT2D eigenvalue weighted by Crippen LogP contribution is 2.14. The highest BCUT2D eigenvalue weighted by Gasteiger charge is 2.08. The second-order valence-electron chi connectivity index (χ2n) is 4.44. The molecule has 2 heteroatoms. The molecule has 0 N–H and O–H groups in total. The van der Waals surface area contributed by atoms with E-state index in [-0.39, 0.29) is 5.97 Å². The maximum absolute atomic E-state index is 11.0. The van der Waals surface area contributed by atoms with Gasteiger partial charge in [0, 0.05) is 6.42 Å². The SMILES string of the molecule is CCCCCCCC[C@@H](C)CC(=O)OC. The van der Waals surface area contributed by atoms with E-state index in [0.717, 1.165) is 6.42 Å². The van der Waals surface area contributed by atoms with Crippen molar-refractivity contribution in [3.05, 3.63) is 0 Å². The van der Waals surface area contributed by atoms with Crippen LogP contribution in [0.25, 0.3) is 0 Å². The van der Waals surface area contributed by atoms with Gasteiger partial charge in [-0.15, -0.1) is 0 Å². The molecule has 0 aromatic carbocycles. The van der Waals surface area contributed by atoms with Gasteiger partial charge in [0.15, 0.2) is 0 Å². The number of esters is 1. The summed E-state index contributed by atoms with van der Waals surface area (Å²) in [5, 5.41) is 0. The zero-order valence-electron chi connectivity index (χ0n) is 10.6. The van der Waals surface area contributed by atoms with Crippen LogP contribution >= 0.6 is 0 Å². The Balaban J connectivity index is 3.23. The molecule has 0 fully saturated rings. The van der Waals surface area contributed by atoms with Gasteiger partial charge in [0.25, 0.3) is 0 Å².